The lowest BCUT2D eigenvalue weighted by Crippen LogP contribution is -2.42. The number of hydrogen-bond donors (Lipinski definition) is 1. The molecule has 3 rings (SSSR count). The van der Waals surface area contributed by atoms with E-state index in [-0.39, 0.29) is 0 Å². The Labute approximate surface area is 116 Å². The van der Waals surface area contributed by atoms with E-state index in [0.717, 1.165) is 25.0 Å². The first-order valence-electron chi connectivity index (χ1n) is 7.82. The number of fused-ring (bicyclic) bond motifs is 1. The zero-order valence-electron chi connectivity index (χ0n) is 12.0. The highest BCUT2D eigenvalue weighted by Gasteiger charge is 2.29. The second kappa shape index (κ2) is 6.06. The highest BCUT2D eigenvalue weighted by Crippen LogP contribution is 2.27. The van der Waals surface area contributed by atoms with Crippen LogP contribution in [-0.4, -0.2) is 40.1 Å². The van der Waals surface area contributed by atoms with Crippen LogP contribution in [0.25, 0.3) is 0 Å². The Kier molecular flexibility index (Phi) is 4.18. The van der Waals surface area contributed by atoms with Crippen molar-refractivity contribution in [2.24, 2.45) is 5.92 Å². The highest BCUT2D eigenvalue weighted by molar-refractivity contribution is 4.96. The first kappa shape index (κ1) is 13.1. The molecule has 4 heteroatoms. The van der Waals surface area contributed by atoms with Gasteiger partial charge in [-0.3, -0.25) is 4.90 Å². The van der Waals surface area contributed by atoms with Gasteiger partial charge in [-0.2, -0.15) is 0 Å². The smallest absolute Gasteiger partial charge is 0.122 e. The normalized spacial score (nSPS) is 27.6. The predicted molar refractivity (Wildman–Crippen MR) is 76.9 cm³/mol. The van der Waals surface area contributed by atoms with E-state index in [1.54, 1.807) is 0 Å². The molecule has 0 saturated heterocycles. The number of nitrogens with zero attached hydrogens (tertiary/aromatic N) is 3. The van der Waals surface area contributed by atoms with E-state index in [0.29, 0.717) is 0 Å². The maximum Gasteiger partial charge on any atom is 0.122 e. The molecule has 0 amide bonds. The van der Waals surface area contributed by atoms with Crippen LogP contribution in [0.4, 0.5) is 0 Å². The summed E-state index contributed by atoms with van der Waals surface area (Å²) in [7, 11) is 0. The molecule has 19 heavy (non-hydrogen) atoms. The Balaban J connectivity index is 1.54. The molecule has 1 N–H and O–H groups in total. The van der Waals surface area contributed by atoms with Gasteiger partial charge in [0.05, 0.1) is 6.54 Å². The molecular weight excluding hydrogens is 236 g/mol. The molecule has 2 aliphatic rings. The number of imidazole rings is 1. The van der Waals surface area contributed by atoms with Crippen LogP contribution in [0.5, 0.6) is 0 Å². The third kappa shape index (κ3) is 3.00. The molecule has 1 fully saturated rings. The van der Waals surface area contributed by atoms with Gasteiger partial charge in [0.25, 0.3) is 0 Å². The molecule has 106 valence electrons. The van der Waals surface area contributed by atoms with Gasteiger partial charge in [0, 0.05) is 38.1 Å². The topological polar surface area (TPSA) is 33.1 Å². The average Bonchev–Trinajstić information content (AvgIpc) is 3.05. The third-order valence-electron chi connectivity index (χ3n) is 4.63. The fourth-order valence-corrected chi connectivity index (χ4v) is 3.56. The number of nitrogens with one attached hydrogen (secondary N) is 1. The average molecular weight is 262 g/mol. The minimum atomic E-state index is 0.752. The van der Waals surface area contributed by atoms with E-state index in [1.807, 2.05) is 6.20 Å². The Bertz CT molecular complexity index is 401. The molecule has 0 radical (unpaired) electrons. The SMILES string of the molecule is CCCNC1CCCC1CN1CCn2ccnc2C1. The van der Waals surface area contributed by atoms with Crippen molar-refractivity contribution in [3.63, 3.8) is 0 Å². The zero-order valence-corrected chi connectivity index (χ0v) is 12.0. The van der Waals surface area contributed by atoms with Crippen molar-refractivity contribution in [2.45, 2.75) is 51.7 Å². The fourth-order valence-electron chi connectivity index (χ4n) is 3.56. The summed E-state index contributed by atoms with van der Waals surface area (Å²) in [5.74, 6) is 2.08. The summed E-state index contributed by atoms with van der Waals surface area (Å²) in [6.07, 6.45) is 9.44. The van der Waals surface area contributed by atoms with Crippen LogP contribution in [0.1, 0.15) is 38.4 Å². The maximum atomic E-state index is 4.46. The van der Waals surface area contributed by atoms with Gasteiger partial charge in [-0.25, -0.2) is 4.98 Å². The monoisotopic (exact) mass is 262 g/mol. The van der Waals surface area contributed by atoms with E-state index in [2.05, 4.69) is 32.9 Å². The standard InChI is InChI=1S/C15H26N4/c1-2-6-16-14-5-3-4-13(14)11-18-9-10-19-8-7-17-15(19)12-18/h7-8,13-14,16H,2-6,9-12H2,1H3. The van der Waals surface area contributed by atoms with Gasteiger partial charge in [0.1, 0.15) is 5.82 Å². The van der Waals surface area contributed by atoms with E-state index in [4.69, 9.17) is 0 Å². The third-order valence-corrected chi connectivity index (χ3v) is 4.63. The summed E-state index contributed by atoms with van der Waals surface area (Å²) in [4.78, 5) is 7.05. The molecule has 1 aliphatic heterocycles. The number of hydrogen-bond acceptors (Lipinski definition) is 3. The van der Waals surface area contributed by atoms with E-state index < -0.39 is 0 Å². The first-order chi connectivity index (χ1) is 9.36. The first-order valence-corrected chi connectivity index (χ1v) is 7.82. The summed E-state index contributed by atoms with van der Waals surface area (Å²) in [5, 5.41) is 3.74. The van der Waals surface area contributed by atoms with E-state index in [1.165, 1.54) is 51.1 Å². The molecule has 0 bridgehead atoms. The molecule has 1 aromatic heterocycles. The second-order valence-corrected chi connectivity index (χ2v) is 6.02. The van der Waals surface area contributed by atoms with Crippen LogP contribution in [-0.2, 0) is 13.1 Å². The summed E-state index contributed by atoms with van der Waals surface area (Å²) >= 11 is 0. The maximum absolute atomic E-state index is 4.46. The van der Waals surface area contributed by atoms with Gasteiger partial charge in [-0.1, -0.05) is 13.3 Å². The van der Waals surface area contributed by atoms with Gasteiger partial charge in [-0.05, 0) is 31.7 Å². The van der Waals surface area contributed by atoms with Crippen LogP contribution in [0.2, 0.25) is 0 Å². The van der Waals surface area contributed by atoms with Crippen LogP contribution in [0, 0.1) is 5.92 Å². The molecule has 1 aliphatic carbocycles. The van der Waals surface area contributed by atoms with Crippen molar-refractivity contribution in [2.75, 3.05) is 19.6 Å². The Hall–Kier alpha value is -0.870. The number of aromatic nitrogens is 2. The summed E-state index contributed by atoms with van der Waals surface area (Å²) in [5.41, 5.74) is 0. The summed E-state index contributed by atoms with van der Waals surface area (Å²) in [6, 6.07) is 0.752. The lowest BCUT2D eigenvalue weighted by atomic mass is 10.0. The molecular formula is C15H26N4. The second-order valence-electron chi connectivity index (χ2n) is 6.02. The predicted octanol–water partition coefficient (Wildman–Crippen LogP) is 1.87. The van der Waals surface area contributed by atoms with Crippen LogP contribution >= 0.6 is 0 Å². The molecule has 1 saturated carbocycles. The van der Waals surface area contributed by atoms with Crippen LogP contribution < -0.4 is 5.32 Å². The minimum absolute atomic E-state index is 0.752. The molecule has 2 heterocycles. The Morgan fingerprint density at radius 1 is 1.37 bits per heavy atom. The molecule has 2 unspecified atom stereocenters. The van der Waals surface area contributed by atoms with Crippen molar-refractivity contribution < 1.29 is 0 Å². The summed E-state index contributed by atoms with van der Waals surface area (Å²) < 4.78 is 2.29. The molecule has 4 nitrogen and oxygen atoms in total. The fraction of sp³-hybridized carbons (Fsp3) is 0.800. The zero-order chi connectivity index (χ0) is 13.1. The number of rotatable bonds is 5. The van der Waals surface area contributed by atoms with Gasteiger partial charge in [-0.15, -0.1) is 0 Å². The van der Waals surface area contributed by atoms with Crippen molar-refractivity contribution >= 4 is 0 Å². The lowest BCUT2D eigenvalue weighted by molar-refractivity contribution is 0.173. The van der Waals surface area contributed by atoms with Gasteiger partial charge in [0.15, 0.2) is 0 Å². The molecule has 1 aromatic rings. The van der Waals surface area contributed by atoms with Crippen molar-refractivity contribution in [3.05, 3.63) is 18.2 Å². The molecule has 2 atom stereocenters. The van der Waals surface area contributed by atoms with Crippen LogP contribution in [0.15, 0.2) is 12.4 Å². The molecule has 0 spiro atoms. The van der Waals surface area contributed by atoms with Gasteiger partial charge >= 0.3 is 0 Å². The lowest BCUT2D eigenvalue weighted by Gasteiger charge is -2.32. The van der Waals surface area contributed by atoms with Crippen molar-refractivity contribution in [1.82, 2.24) is 19.8 Å². The van der Waals surface area contributed by atoms with Gasteiger partial charge < -0.3 is 9.88 Å². The van der Waals surface area contributed by atoms with E-state index in [9.17, 15) is 0 Å². The quantitative estimate of drug-likeness (QED) is 0.879. The minimum Gasteiger partial charge on any atom is -0.333 e. The van der Waals surface area contributed by atoms with Gasteiger partial charge in [0.2, 0.25) is 0 Å². The van der Waals surface area contributed by atoms with Crippen molar-refractivity contribution in [3.8, 4) is 0 Å². The Morgan fingerprint density at radius 2 is 2.32 bits per heavy atom. The van der Waals surface area contributed by atoms with Crippen LogP contribution in [0.3, 0.4) is 0 Å². The van der Waals surface area contributed by atoms with E-state index >= 15 is 0 Å². The Morgan fingerprint density at radius 3 is 3.21 bits per heavy atom. The largest absolute Gasteiger partial charge is 0.333 e. The molecule has 0 aromatic carbocycles. The summed E-state index contributed by atoms with van der Waals surface area (Å²) in [6.45, 7) is 7.99. The van der Waals surface area contributed by atoms with Crippen molar-refractivity contribution in [1.29, 1.82) is 0 Å². The highest BCUT2D eigenvalue weighted by atomic mass is 15.2.